The summed E-state index contributed by atoms with van der Waals surface area (Å²) in [6.07, 6.45) is 1.47. The van der Waals surface area contributed by atoms with E-state index in [4.69, 9.17) is 11.6 Å². The number of anilines is 1. The van der Waals surface area contributed by atoms with E-state index >= 15 is 0 Å². The molecule has 1 heterocycles. The third-order valence-corrected chi connectivity index (χ3v) is 3.80. The van der Waals surface area contributed by atoms with Crippen LogP contribution in [0.2, 0.25) is 5.02 Å². The quantitative estimate of drug-likeness (QED) is 0.750. The van der Waals surface area contributed by atoms with Crippen molar-refractivity contribution in [1.82, 2.24) is 4.98 Å². The summed E-state index contributed by atoms with van der Waals surface area (Å²) < 4.78 is 0. The molecule has 3 rings (SSSR count). The van der Waals surface area contributed by atoms with E-state index in [0.29, 0.717) is 5.56 Å². The van der Waals surface area contributed by atoms with Crippen LogP contribution < -0.4 is 5.32 Å². The second kappa shape index (κ2) is 6.29. The van der Waals surface area contributed by atoms with E-state index in [1.165, 1.54) is 24.4 Å². The lowest BCUT2D eigenvalue weighted by molar-refractivity contribution is 0.0698. The summed E-state index contributed by atoms with van der Waals surface area (Å²) in [6, 6.07) is 11.7. The highest BCUT2D eigenvalue weighted by molar-refractivity contribution is 6.31. The molecule has 0 saturated carbocycles. The Morgan fingerprint density at radius 3 is 2.67 bits per heavy atom. The van der Waals surface area contributed by atoms with Crippen LogP contribution in [0, 0.1) is 6.92 Å². The number of aryl methyl sites for hydroxylation is 1. The molecule has 0 aliphatic carbocycles. The van der Waals surface area contributed by atoms with Crippen molar-refractivity contribution in [2.24, 2.45) is 0 Å². The Kier molecular flexibility index (Phi) is 4.18. The van der Waals surface area contributed by atoms with Gasteiger partial charge in [-0.25, -0.2) is 4.79 Å². The monoisotopic (exact) mass is 340 g/mol. The van der Waals surface area contributed by atoms with Gasteiger partial charge in [0.1, 0.15) is 0 Å². The number of rotatable bonds is 3. The highest BCUT2D eigenvalue weighted by Gasteiger charge is 2.15. The molecule has 0 fully saturated rings. The van der Waals surface area contributed by atoms with Gasteiger partial charge in [0, 0.05) is 16.6 Å². The summed E-state index contributed by atoms with van der Waals surface area (Å²) in [5, 5.41) is 12.9. The molecule has 0 atom stereocenters. The third-order valence-electron chi connectivity index (χ3n) is 3.56. The molecule has 0 radical (unpaired) electrons. The zero-order chi connectivity index (χ0) is 17.3. The Morgan fingerprint density at radius 1 is 1.12 bits per heavy atom. The van der Waals surface area contributed by atoms with Gasteiger partial charge in [0.15, 0.2) is 0 Å². The summed E-state index contributed by atoms with van der Waals surface area (Å²) in [5.74, 6) is -1.60. The summed E-state index contributed by atoms with van der Waals surface area (Å²) in [4.78, 5) is 28.0. The lowest BCUT2D eigenvalue weighted by Gasteiger charge is -2.09. The lowest BCUT2D eigenvalue weighted by atomic mass is 10.1. The van der Waals surface area contributed by atoms with Gasteiger partial charge < -0.3 is 10.4 Å². The van der Waals surface area contributed by atoms with Crippen LogP contribution >= 0.6 is 11.6 Å². The van der Waals surface area contributed by atoms with Gasteiger partial charge in [0.05, 0.1) is 22.3 Å². The number of carbonyl (C=O) groups is 2. The highest BCUT2D eigenvalue weighted by atomic mass is 35.5. The molecule has 3 aromatic rings. The summed E-state index contributed by atoms with van der Waals surface area (Å²) in [6.45, 7) is 1.97. The predicted octanol–water partition coefficient (Wildman–Crippen LogP) is 4.15. The number of pyridine rings is 1. The minimum atomic E-state index is -1.17. The number of fused-ring (bicyclic) bond motifs is 1. The summed E-state index contributed by atoms with van der Waals surface area (Å²) >= 11 is 5.81. The molecule has 5 nitrogen and oxygen atoms in total. The molecule has 1 amide bonds. The molecule has 0 saturated heterocycles. The van der Waals surface area contributed by atoms with Crippen molar-refractivity contribution < 1.29 is 14.7 Å². The minimum absolute atomic E-state index is 0.0692. The lowest BCUT2D eigenvalue weighted by Crippen LogP contribution is -2.15. The third kappa shape index (κ3) is 3.21. The first-order chi connectivity index (χ1) is 11.4. The van der Waals surface area contributed by atoms with Gasteiger partial charge in [0.2, 0.25) is 0 Å². The van der Waals surface area contributed by atoms with Gasteiger partial charge in [-0.05, 0) is 42.8 Å². The van der Waals surface area contributed by atoms with Crippen LogP contribution in [0.1, 0.15) is 26.3 Å². The smallest absolute Gasteiger partial charge is 0.337 e. The Morgan fingerprint density at radius 2 is 1.92 bits per heavy atom. The van der Waals surface area contributed by atoms with Crippen LogP contribution in [0.5, 0.6) is 0 Å². The number of amides is 1. The molecule has 6 heteroatoms. The van der Waals surface area contributed by atoms with Gasteiger partial charge in [0.25, 0.3) is 5.91 Å². The molecule has 0 unspecified atom stereocenters. The van der Waals surface area contributed by atoms with Crippen molar-refractivity contribution in [3.63, 3.8) is 0 Å². The van der Waals surface area contributed by atoms with Crippen LogP contribution in [0.4, 0.5) is 5.69 Å². The number of carbonyl (C=O) groups excluding carboxylic acids is 1. The number of aromatic carboxylic acids is 1. The Labute approximate surface area is 142 Å². The summed E-state index contributed by atoms with van der Waals surface area (Å²) in [7, 11) is 0. The molecule has 2 N–H and O–H groups in total. The molecule has 0 aliphatic heterocycles. The van der Waals surface area contributed by atoms with E-state index in [0.717, 1.165) is 16.5 Å². The van der Waals surface area contributed by atoms with E-state index in [2.05, 4.69) is 10.3 Å². The van der Waals surface area contributed by atoms with Crippen LogP contribution in [-0.4, -0.2) is 22.0 Å². The second-order valence-corrected chi connectivity index (χ2v) is 5.81. The molecule has 0 spiro atoms. The molecule has 0 aliphatic rings. The van der Waals surface area contributed by atoms with Crippen molar-refractivity contribution in [1.29, 1.82) is 0 Å². The highest BCUT2D eigenvalue weighted by Crippen LogP contribution is 2.22. The molecule has 1 aromatic heterocycles. The van der Waals surface area contributed by atoms with Gasteiger partial charge in [-0.3, -0.25) is 9.78 Å². The fourth-order valence-corrected chi connectivity index (χ4v) is 2.52. The van der Waals surface area contributed by atoms with E-state index in [1.807, 2.05) is 25.1 Å². The van der Waals surface area contributed by atoms with Crippen molar-refractivity contribution in [2.75, 3.05) is 5.32 Å². The molecule has 2 aromatic carbocycles. The number of carboxylic acids is 1. The van der Waals surface area contributed by atoms with Crippen molar-refractivity contribution in [3.8, 4) is 0 Å². The van der Waals surface area contributed by atoms with Crippen LogP contribution in [-0.2, 0) is 0 Å². The van der Waals surface area contributed by atoms with E-state index in [9.17, 15) is 14.7 Å². The van der Waals surface area contributed by atoms with Crippen LogP contribution in [0.25, 0.3) is 10.9 Å². The van der Waals surface area contributed by atoms with Crippen molar-refractivity contribution >= 4 is 40.1 Å². The fraction of sp³-hybridized carbons (Fsp3) is 0.0556. The number of nitrogens with zero attached hydrogens (tertiary/aromatic N) is 1. The molecule has 0 bridgehead atoms. The maximum atomic E-state index is 12.4. The first kappa shape index (κ1) is 16.0. The summed E-state index contributed by atoms with van der Waals surface area (Å²) in [5.41, 5.74) is 2.34. The van der Waals surface area contributed by atoms with Gasteiger partial charge in [-0.15, -0.1) is 0 Å². The topological polar surface area (TPSA) is 79.3 Å². The number of aromatic nitrogens is 1. The SMILES string of the molecule is Cc1ccc2cc(C(=O)Nc3ccc(Cl)cc3C(=O)O)cnc2c1. The van der Waals surface area contributed by atoms with Crippen molar-refractivity contribution in [2.45, 2.75) is 6.92 Å². The zero-order valence-corrected chi connectivity index (χ0v) is 13.5. The van der Waals surface area contributed by atoms with E-state index < -0.39 is 11.9 Å². The number of halogens is 1. The predicted molar refractivity (Wildman–Crippen MR) is 92.8 cm³/mol. The number of nitrogens with one attached hydrogen (secondary N) is 1. The first-order valence-electron chi connectivity index (χ1n) is 7.14. The normalized spacial score (nSPS) is 10.6. The van der Waals surface area contributed by atoms with Crippen LogP contribution in [0.15, 0.2) is 48.7 Å². The fourth-order valence-electron chi connectivity index (χ4n) is 2.35. The Balaban J connectivity index is 1.93. The number of hydrogen-bond donors (Lipinski definition) is 2. The number of benzene rings is 2. The van der Waals surface area contributed by atoms with E-state index in [-0.39, 0.29) is 16.3 Å². The Bertz CT molecular complexity index is 970. The van der Waals surface area contributed by atoms with Gasteiger partial charge in [-0.2, -0.15) is 0 Å². The maximum absolute atomic E-state index is 12.4. The van der Waals surface area contributed by atoms with Crippen molar-refractivity contribution in [3.05, 3.63) is 70.4 Å². The standard InChI is InChI=1S/C18H13ClN2O3/c1-10-2-3-11-7-12(9-20-16(11)6-10)17(22)21-15-5-4-13(19)8-14(15)18(23)24/h2-9H,1H3,(H,21,22)(H,23,24). The minimum Gasteiger partial charge on any atom is -0.478 e. The van der Waals surface area contributed by atoms with E-state index in [1.54, 1.807) is 6.07 Å². The molecule has 120 valence electrons. The average molecular weight is 341 g/mol. The zero-order valence-electron chi connectivity index (χ0n) is 12.7. The molecular formula is C18H13ClN2O3. The average Bonchev–Trinajstić information content (AvgIpc) is 2.55. The first-order valence-corrected chi connectivity index (χ1v) is 7.52. The number of carboxylic acid groups (broad SMARTS) is 1. The molecule has 24 heavy (non-hydrogen) atoms. The number of hydrogen-bond acceptors (Lipinski definition) is 3. The Hall–Kier alpha value is -2.92. The van der Waals surface area contributed by atoms with Crippen LogP contribution in [0.3, 0.4) is 0 Å². The maximum Gasteiger partial charge on any atom is 0.337 e. The van der Waals surface area contributed by atoms with Gasteiger partial charge >= 0.3 is 5.97 Å². The van der Waals surface area contributed by atoms with Gasteiger partial charge in [-0.1, -0.05) is 23.7 Å². The largest absolute Gasteiger partial charge is 0.478 e. The second-order valence-electron chi connectivity index (χ2n) is 5.37. The molecular weight excluding hydrogens is 328 g/mol.